The molecule has 0 N–H and O–H groups in total. The topological polar surface area (TPSA) is 37.4 Å². The summed E-state index contributed by atoms with van der Waals surface area (Å²) in [6, 6.07) is 7.47. The van der Waals surface area contributed by atoms with Crippen molar-refractivity contribution in [2.75, 3.05) is 6.54 Å². The fourth-order valence-electron chi connectivity index (χ4n) is 3.84. The molecule has 0 bridgehead atoms. The molecule has 4 heteroatoms. The van der Waals surface area contributed by atoms with Crippen LogP contribution < -0.4 is 0 Å². The minimum absolute atomic E-state index is 0.227. The van der Waals surface area contributed by atoms with Crippen LogP contribution >= 0.6 is 0 Å². The minimum Gasteiger partial charge on any atom is -0.207 e. The summed E-state index contributed by atoms with van der Waals surface area (Å²) in [6.07, 6.45) is 4.63. The van der Waals surface area contributed by atoms with Gasteiger partial charge in [0.15, 0.2) is 0 Å². The van der Waals surface area contributed by atoms with Crippen molar-refractivity contribution in [1.82, 2.24) is 4.31 Å². The molecule has 1 saturated carbocycles. The Kier molecular flexibility index (Phi) is 3.63. The summed E-state index contributed by atoms with van der Waals surface area (Å²) in [7, 11) is -3.33. The Labute approximate surface area is 122 Å². The van der Waals surface area contributed by atoms with Crippen LogP contribution in [0.5, 0.6) is 0 Å². The lowest BCUT2D eigenvalue weighted by Crippen LogP contribution is -2.39. The minimum atomic E-state index is -3.33. The largest absolute Gasteiger partial charge is 0.243 e. The standard InChI is InChI=1S/C16H23NO2S/c1-12-7-9-14(10-8-12)20(18,19)17-11-13(2)15-5-3-4-6-16(15)17/h7-10,13,15-16H,3-6,11H2,1-2H3/t13-,15+,16+/m1/s1. The van der Waals surface area contributed by atoms with Crippen molar-refractivity contribution >= 4 is 10.0 Å². The lowest BCUT2D eigenvalue weighted by Gasteiger charge is -2.31. The van der Waals surface area contributed by atoms with Gasteiger partial charge >= 0.3 is 0 Å². The first kappa shape index (κ1) is 14.1. The highest BCUT2D eigenvalue weighted by molar-refractivity contribution is 7.89. The number of benzene rings is 1. The molecule has 2 fully saturated rings. The van der Waals surface area contributed by atoms with Crippen LogP contribution in [0.4, 0.5) is 0 Å². The summed E-state index contributed by atoms with van der Waals surface area (Å²) in [5, 5.41) is 0. The summed E-state index contributed by atoms with van der Waals surface area (Å²) < 4.78 is 27.5. The van der Waals surface area contributed by atoms with E-state index in [4.69, 9.17) is 0 Å². The lowest BCUT2D eigenvalue weighted by molar-refractivity contribution is 0.245. The second-order valence-corrected chi connectivity index (χ2v) is 8.27. The SMILES string of the molecule is Cc1ccc(S(=O)(=O)N2C[C@@H](C)[C@@H]3CCCC[C@@H]32)cc1. The van der Waals surface area contributed by atoms with Crippen molar-refractivity contribution in [3.05, 3.63) is 29.8 Å². The fraction of sp³-hybridized carbons (Fsp3) is 0.625. The molecule has 3 atom stereocenters. The third kappa shape index (κ3) is 2.29. The van der Waals surface area contributed by atoms with E-state index in [1.165, 1.54) is 12.8 Å². The molecule has 2 aliphatic rings. The number of fused-ring (bicyclic) bond motifs is 1. The molecule has 20 heavy (non-hydrogen) atoms. The van der Waals surface area contributed by atoms with E-state index in [0.717, 1.165) is 18.4 Å². The molecule has 0 unspecified atom stereocenters. The van der Waals surface area contributed by atoms with E-state index < -0.39 is 10.0 Å². The van der Waals surface area contributed by atoms with Gasteiger partial charge in [-0.15, -0.1) is 0 Å². The molecule has 1 heterocycles. The van der Waals surface area contributed by atoms with Crippen molar-refractivity contribution in [1.29, 1.82) is 0 Å². The summed E-state index contributed by atoms with van der Waals surface area (Å²) in [5.74, 6) is 1.05. The van der Waals surface area contributed by atoms with Crippen LogP contribution in [0, 0.1) is 18.8 Å². The zero-order valence-corrected chi connectivity index (χ0v) is 13.1. The maximum Gasteiger partial charge on any atom is 0.243 e. The van der Waals surface area contributed by atoms with Crippen LogP contribution in [0.3, 0.4) is 0 Å². The second-order valence-electron chi connectivity index (χ2n) is 6.38. The Bertz CT molecular complexity index is 579. The maximum atomic E-state index is 12.9. The molecule has 0 spiro atoms. The molecule has 1 aliphatic carbocycles. The highest BCUT2D eigenvalue weighted by Gasteiger charge is 2.45. The predicted octanol–water partition coefficient (Wildman–Crippen LogP) is 3.19. The van der Waals surface area contributed by atoms with Gasteiger partial charge in [-0.2, -0.15) is 4.31 Å². The van der Waals surface area contributed by atoms with E-state index in [2.05, 4.69) is 6.92 Å². The number of sulfonamides is 1. The van der Waals surface area contributed by atoms with Crippen LogP contribution in [0.25, 0.3) is 0 Å². The van der Waals surface area contributed by atoms with Crippen molar-refractivity contribution in [3.8, 4) is 0 Å². The van der Waals surface area contributed by atoms with Gasteiger partial charge < -0.3 is 0 Å². The molecular weight excluding hydrogens is 270 g/mol. The van der Waals surface area contributed by atoms with Crippen molar-refractivity contribution < 1.29 is 8.42 Å². The van der Waals surface area contributed by atoms with Gasteiger partial charge in [-0.1, -0.05) is 37.5 Å². The van der Waals surface area contributed by atoms with E-state index in [1.54, 1.807) is 16.4 Å². The number of aryl methyl sites for hydroxylation is 1. The zero-order chi connectivity index (χ0) is 14.3. The number of hydrogen-bond donors (Lipinski definition) is 0. The van der Waals surface area contributed by atoms with Crippen LogP contribution in [0.2, 0.25) is 0 Å². The van der Waals surface area contributed by atoms with Crippen molar-refractivity contribution in [2.24, 2.45) is 11.8 Å². The van der Waals surface area contributed by atoms with Crippen LogP contribution in [0.15, 0.2) is 29.2 Å². The quantitative estimate of drug-likeness (QED) is 0.839. The van der Waals surface area contributed by atoms with Crippen molar-refractivity contribution in [3.63, 3.8) is 0 Å². The summed E-state index contributed by atoms with van der Waals surface area (Å²) in [6.45, 7) is 4.87. The van der Waals surface area contributed by atoms with E-state index in [9.17, 15) is 8.42 Å². The zero-order valence-electron chi connectivity index (χ0n) is 12.2. The third-order valence-corrected chi connectivity index (χ3v) is 6.88. The highest BCUT2D eigenvalue weighted by atomic mass is 32.2. The molecule has 0 radical (unpaired) electrons. The lowest BCUT2D eigenvalue weighted by atomic mass is 9.81. The first-order chi connectivity index (χ1) is 9.50. The maximum absolute atomic E-state index is 12.9. The van der Waals surface area contributed by atoms with Gasteiger partial charge in [-0.05, 0) is 43.7 Å². The van der Waals surface area contributed by atoms with Crippen LogP contribution in [0.1, 0.15) is 38.2 Å². The van der Waals surface area contributed by atoms with Gasteiger partial charge in [-0.3, -0.25) is 0 Å². The Morgan fingerprint density at radius 3 is 2.45 bits per heavy atom. The Balaban J connectivity index is 1.93. The van der Waals surface area contributed by atoms with E-state index in [0.29, 0.717) is 23.3 Å². The molecule has 3 nitrogen and oxygen atoms in total. The molecule has 110 valence electrons. The first-order valence-electron chi connectivity index (χ1n) is 7.58. The fourth-order valence-corrected chi connectivity index (χ4v) is 5.64. The molecule has 0 amide bonds. The van der Waals surface area contributed by atoms with Crippen molar-refractivity contribution in [2.45, 2.75) is 50.5 Å². The Hall–Kier alpha value is -0.870. The van der Waals surface area contributed by atoms with Gasteiger partial charge in [0.2, 0.25) is 10.0 Å². The smallest absolute Gasteiger partial charge is 0.207 e. The van der Waals surface area contributed by atoms with Gasteiger partial charge in [0.05, 0.1) is 4.90 Å². The normalized spacial score (nSPS) is 31.2. The van der Waals surface area contributed by atoms with Gasteiger partial charge in [0.25, 0.3) is 0 Å². The molecule has 3 rings (SSSR count). The van der Waals surface area contributed by atoms with Gasteiger partial charge in [-0.25, -0.2) is 8.42 Å². The summed E-state index contributed by atoms with van der Waals surface area (Å²) in [5.41, 5.74) is 1.09. The number of hydrogen-bond acceptors (Lipinski definition) is 2. The summed E-state index contributed by atoms with van der Waals surface area (Å²) in [4.78, 5) is 0.446. The average molecular weight is 293 g/mol. The third-order valence-electron chi connectivity index (χ3n) is 4.98. The molecule has 0 aromatic heterocycles. The highest BCUT2D eigenvalue weighted by Crippen LogP contribution is 2.42. The van der Waals surface area contributed by atoms with E-state index in [-0.39, 0.29) is 6.04 Å². The Morgan fingerprint density at radius 2 is 1.75 bits per heavy atom. The van der Waals surface area contributed by atoms with Crippen LogP contribution in [-0.2, 0) is 10.0 Å². The van der Waals surface area contributed by atoms with Gasteiger partial charge in [0, 0.05) is 12.6 Å². The van der Waals surface area contributed by atoms with Crippen LogP contribution in [-0.4, -0.2) is 25.3 Å². The second kappa shape index (κ2) is 5.15. The predicted molar refractivity (Wildman–Crippen MR) is 80.0 cm³/mol. The molecule has 1 saturated heterocycles. The van der Waals surface area contributed by atoms with E-state index in [1.807, 2.05) is 19.1 Å². The molecule has 1 aromatic carbocycles. The van der Waals surface area contributed by atoms with Gasteiger partial charge in [0.1, 0.15) is 0 Å². The van der Waals surface area contributed by atoms with E-state index >= 15 is 0 Å². The molecule has 1 aromatic rings. The number of rotatable bonds is 2. The number of nitrogens with zero attached hydrogens (tertiary/aromatic N) is 1. The molecular formula is C16H23NO2S. The Morgan fingerprint density at radius 1 is 1.10 bits per heavy atom. The monoisotopic (exact) mass is 293 g/mol. The average Bonchev–Trinajstić information content (AvgIpc) is 2.78. The first-order valence-corrected chi connectivity index (χ1v) is 9.02. The molecule has 1 aliphatic heterocycles. The summed E-state index contributed by atoms with van der Waals surface area (Å²) >= 11 is 0.